The molecule has 0 radical (unpaired) electrons. The number of hydrogen-bond donors (Lipinski definition) is 2. The van der Waals surface area contributed by atoms with Crippen LogP contribution in [0, 0.1) is 17.2 Å². The summed E-state index contributed by atoms with van der Waals surface area (Å²) >= 11 is 1.60. The third-order valence-corrected chi connectivity index (χ3v) is 9.45. The van der Waals surface area contributed by atoms with Gasteiger partial charge in [0, 0.05) is 39.4 Å². The number of fused-ring (bicyclic) bond motifs is 2. The lowest BCUT2D eigenvalue weighted by molar-refractivity contribution is -0.116. The summed E-state index contributed by atoms with van der Waals surface area (Å²) in [6, 6.07) is 17.2. The van der Waals surface area contributed by atoms with Crippen molar-refractivity contribution < 1.29 is 18.4 Å². The average molecular weight is 611 g/mol. The van der Waals surface area contributed by atoms with E-state index in [4.69, 9.17) is 9.41 Å². The number of para-hydroxylation sites is 1. The molecule has 3 heterocycles. The number of hydrogen-bond acceptors (Lipinski definition) is 5. The van der Waals surface area contributed by atoms with Crippen molar-refractivity contribution in [3.63, 3.8) is 0 Å². The maximum atomic E-state index is 13.6. The number of aliphatic imine (C=N–C) groups is 1. The molecule has 2 amide bonds. The number of benzene rings is 2. The molecule has 226 valence electrons. The van der Waals surface area contributed by atoms with E-state index >= 15 is 0 Å². The zero-order chi connectivity index (χ0) is 30.8. The summed E-state index contributed by atoms with van der Waals surface area (Å²) in [4.78, 5) is 32.6. The molecule has 1 aliphatic carbocycles. The molecule has 1 aliphatic rings. The van der Waals surface area contributed by atoms with Gasteiger partial charge in [-0.1, -0.05) is 39.0 Å². The summed E-state index contributed by atoms with van der Waals surface area (Å²) in [5, 5.41) is 7.49. The molecular weight excluding hydrogens is 575 g/mol. The summed E-state index contributed by atoms with van der Waals surface area (Å²) in [5.41, 5.74) is 4.18. The molecule has 7 nitrogen and oxygen atoms in total. The Morgan fingerprint density at radius 2 is 1.91 bits per heavy atom. The first-order valence-electron chi connectivity index (χ1n) is 14.8. The van der Waals surface area contributed by atoms with Crippen LogP contribution in [0.3, 0.4) is 0 Å². The number of rotatable bonds is 8. The minimum Gasteiger partial charge on any atom is -0.467 e. The number of aromatic nitrogens is 1. The van der Waals surface area contributed by atoms with Crippen LogP contribution in [0.4, 0.5) is 15.1 Å². The maximum Gasteiger partial charge on any atom is 0.255 e. The summed E-state index contributed by atoms with van der Waals surface area (Å²) in [7, 11) is 0. The number of carbonyl (C=O) groups excluding carboxylic acids is 2. The monoisotopic (exact) mass is 610 g/mol. The second-order valence-electron chi connectivity index (χ2n) is 12.3. The molecule has 0 spiro atoms. The number of thiophene rings is 1. The quantitative estimate of drug-likeness (QED) is 0.175. The predicted octanol–water partition coefficient (Wildman–Crippen LogP) is 7.91. The number of halogens is 1. The largest absolute Gasteiger partial charge is 0.467 e. The van der Waals surface area contributed by atoms with Crippen LogP contribution < -0.4 is 10.6 Å². The van der Waals surface area contributed by atoms with E-state index in [1.54, 1.807) is 29.9 Å². The Bertz CT molecular complexity index is 1830. The Kier molecular flexibility index (Phi) is 8.23. The normalized spacial score (nSPS) is 15.0. The molecule has 2 aromatic carbocycles. The van der Waals surface area contributed by atoms with E-state index < -0.39 is 0 Å². The molecule has 2 N–H and O–H groups in total. The van der Waals surface area contributed by atoms with Gasteiger partial charge in [0.25, 0.3) is 5.91 Å². The van der Waals surface area contributed by atoms with Crippen molar-refractivity contribution in [2.45, 2.75) is 53.1 Å². The van der Waals surface area contributed by atoms with Gasteiger partial charge in [0.05, 0.1) is 18.4 Å². The Morgan fingerprint density at radius 1 is 1.11 bits per heavy atom. The van der Waals surface area contributed by atoms with Crippen molar-refractivity contribution in [1.82, 2.24) is 9.88 Å². The first-order chi connectivity index (χ1) is 21.2. The first-order valence-corrected chi connectivity index (χ1v) is 15.6. The van der Waals surface area contributed by atoms with Crippen LogP contribution in [0.15, 0.2) is 82.5 Å². The number of furan rings is 1. The van der Waals surface area contributed by atoms with Crippen LogP contribution in [0.25, 0.3) is 10.9 Å². The van der Waals surface area contributed by atoms with Crippen molar-refractivity contribution >= 4 is 51.0 Å². The minimum absolute atomic E-state index is 0.0770. The first kappa shape index (κ1) is 29.6. The Hall–Kier alpha value is -4.50. The third kappa shape index (κ3) is 6.38. The topological polar surface area (TPSA) is 88.6 Å². The van der Waals surface area contributed by atoms with Crippen molar-refractivity contribution in [3.8, 4) is 0 Å². The van der Waals surface area contributed by atoms with Crippen molar-refractivity contribution in [3.05, 3.63) is 106 Å². The Labute approximate surface area is 259 Å². The summed E-state index contributed by atoms with van der Waals surface area (Å²) in [6.45, 7) is 7.22. The molecule has 0 fully saturated rings. The fourth-order valence-electron chi connectivity index (χ4n) is 5.83. The van der Waals surface area contributed by atoms with Crippen LogP contribution in [-0.2, 0) is 30.7 Å². The second kappa shape index (κ2) is 12.2. The van der Waals surface area contributed by atoms with Crippen LogP contribution in [0.5, 0.6) is 0 Å². The fraction of sp³-hybridized carbons (Fsp3) is 0.286. The molecule has 1 atom stereocenters. The average Bonchev–Trinajstić information content (AvgIpc) is 3.73. The second-order valence-corrected chi connectivity index (χ2v) is 13.4. The predicted molar refractivity (Wildman–Crippen MR) is 173 cm³/mol. The van der Waals surface area contributed by atoms with Crippen LogP contribution in [0.2, 0.25) is 0 Å². The molecular formula is C35H35FN4O3S. The highest BCUT2D eigenvalue weighted by molar-refractivity contribution is 7.16. The molecule has 9 heteroatoms. The molecule has 3 aromatic heterocycles. The lowest BCUT2D eigenvalue weighted by atomic mass is 9.72. The minimum atomic E-state index is -0.359. The van der Waals surface area contributed by atoms with Gasteiger partial charge in [-0.25, -0.2) is 9.38 Å². The van der Waals surface area contributed by atoms with E-state index in [9.17, 15) is 14.0 Å². The molecule has 0 aliphatic heterocycles. The highest BCUT2D eigenvalue weighted by Crippen LogP contribution is 2.45. The molecule has 0 saturated heterocycles. The molecule has 0 unspecified atom stereocenters. The smallest absolute Gasteiger partial charge is 0.255 e. The van der Waals surface area contributed by atoms with Gasteiger partial charge in [0.15, 0.2) is 0 Å². The SMILES string of the molecule is CC(C)(C)[C@@H]1CCc2c(sc(N=Cc3cn(CC(=O)Nc4ccc(F)cc4)c4ccccc34)c2C(=O)NCc2ccco2)C1. The molecule has 0 bridgehead atoms. The molecule has 44 heavy (non-hydrogen) atoms. The molecule has 5 aromatic rings. The van der Waals surface area contributed by atoms with E-state index in [0.717, 1.165) is 41.3 Å². The van der Waals surface area contributed by atoms with Gasteiger partial charge in [-0.15, -0.1) is 11.3 Å². The van der Waals surface area contributed by atoms with Gasteiger partial charge in [0.1, 0.15) is 23.1 Å². The highest BCUT2D eigenvalue weighted by Gasteiger charge is 2.33. The van der Waals surface area contributed by atoms with Gasteiger partial charge >= 0.3 is 0 Å². The zero-order valence-electron chi connectivity index (χ0n) is 25.0. The number of nitrogens with one attached hydrogen (secondary N) is 2. The van der Waals surface area contributed by atoms with Gasteiger partial charge in [-0.05, 0) is 78.6 Å². The van der Waals surface area contributed by atoms with E-state index in [1.807, 2.05) is 41.1 Å². The summed E-state index contributed by atoms with van der Waals surface area (Å²) in [6.07, 6.45) is 8.09. The zero-order valence-corrected chi connectivity index (χ0v) is 25.8. The number of nitrogens with zero attached hydrogens (tertiary/aromatic N) is 2. The van der Waals surface area contributed by atoms with Gasteiger partial charge in [-0.3, -0.25) is 9.59 Å². The van der Waals surface area contributed by atoms with E-state index in [-0.39, 0.29) is 29.6 Å². The van der Waals surface area contributed by atoms with Crippen LogP contribution >= 0.6 is 11.3 Å². The lowest BCUT2D eigenvalue weighted by Gasteiger charge is -2.33. The number of carbonyl (C=O) groups is 2. The Balaban J connectivity index is 1.29. The molecule has 0 saturated carbocycles. The number of anilines is 1. The van der Waals surface area contributed by atoms with E-state index in [2.05, 4.69) is 31.4 Å². The van der Waals surface area contributed by atoms with Crippen LogP contribution in [-0.4, -0.2) is 22.6 Å². The highest BCUT2D eigenvalue weighted by atomic mass is 32.1. The van der Waals surface area contributed by atoms with Crippen molar-refractivity contribution in [2.24, 2.45) is 16.3 Å². The maximum absolute atomic E-state index is 13.6. The van der Waals surface area contributed by atoms with Crippen molar-refractivity contribution in [1.29, 1.82) is 0 Å². The van der Waals surface area contributed by atoms with E-state index in [0.29, 0.717) is 34.5 Å². The van der Waals surface area contributed by atoms with Gasteiger partial charge in [-0.2, -0.15) is 0 Å². The van der Waals surface area contributed by atoms with Crippen molar-refractivity contribution in [2.75, 3.05) is 5.32 Å². The molecule has 6 rings (SSSR count). The lowest BCUT2D eigenvalue weighted by Crippen LogP contribution is -2.28. The fourth-order valence-corrected chi connectivity index (χ4v) is 7.10. The summed E-state index contributed by atoms with van der Waals surface area (Å²) < 4.78 is 20.6. The van der Waals surface area contributed by atoms with Gasteiger partial charge in [0.2, 0.25) is 5.91 Å². The van der Waals surface area contributed by atoms with E-state index in [1.165, 1.54) is 29.1 Å². The third-order valence-electron chi connectivity index (χ3n) is 8.28. The Morgan fingerprint density at radius 3 is 2.66 bits per heavy atom. The van der Waals surface area contributed by atoms with Gasteiger partial charge < -0.3 is 19.6 Å². The van der Waals surface area contributed by atoms with Crippen LogP contribution in [0.1, 0.15) is 59.3 Å². The number of amides is 2. The summed E-state index contributed by atoms with van der Waals surface area (Å²) in [5.74, 6) is 0.484. The standard InChI is InChI=1S/C35H35FN4O3S/c1-35(2,3)23-10-15-28-30(17-23)44-34(32(28)33(42)37-19-26-7-6-16-43-26)38-18-22-20-40(29-9-5-4-8-27(22)29)21-31(41)39-25-13-11-24(36)12-14-25/h4-9,11-14,16,18,20,23H,10,15,17,19,21H2,1-3H3,(H,37,42)(H,39,41)/t23-/m1/s1.